The first kappa shape index (κ1) is 9.78. The molecule has 1 aromatic heterocycles. The Balaban J connectivity index is 2.11. The molecule has 15 heavy (non-hydrogen) atoms. The van der Waals surface area contributed by atoms with E-state index in [1.165, 1.54) is 12.4 Å². The van der Waals surface area contributed by atoms with Gasteiger partial charge in [-0.05, 0) is 0 Å². The van der Waals surface area contributed by atoms with Gasteiger partial charge in [0.1, 0.15) is 12.4 Å². The van der Waals surface area contributed by atoms with Crippen LogP contribution in [0.4, 0.5) is 11.6 Å². The summed E-state index contributed by atoms with van der Waals surface area (Å²) in [6.45, 7) is 1.80. The van der Waals surface area contributed by atoms with Crippen LogP contribution in [0.3, 0.4) is 0 Å². The molecule has 80 valence electrons. The Morgan fingerprint density at radius 2 is 2.13 bits per heavy atom. The van der Waals surface area contributed by atoms with Gasteiger partial charge >= 0.3 is 5.69 Å². The highest BCUT2D eigenvalue weighted by molar-refractivity contribution is 5.35. The van der Waals surface area contributed by atoms with Crippen molar-refractivity contribution in [1.29, 1.82) is 0 Å². The van der Waals surface area contributed by atoms with Gasteiger partial charge in [-0.1, -0.05) is 0 Å². The summed E-state index contributed by atoms with van der Waals surface area (Å²) >= 11 is 0. The molecule has 1 aliphatic heterocycles. The maximum Gasteiger partial charge on any atom is 0.305 e. The van der Waals surface area contributed by atoms with Crippen molar-refractivity contribution in [2.45, 2.75) is 6.04 Å². The molecule has 1 saturated heterocycles. The minimum absolute atomic E-state index is 0.0844. The van der Waals surface area contributed by atoms with Gasteiger partial charge in [0, 0.05) is 20.1 Å². The van der Waals surface area contributed by atoms with E-state index in [1.807, 2.05) is 11.9 Å². The molecule has 0 aromatic carbocycles. The van der Waals surface area contributed by atoms with Gasteiger partial charge in [-0.2, -0.15) is 0 Å². The molecule has 0 saturated carbocycles. The van der Waals surface area contributed by atoms with E-state index in [0.29, 0.717) is 12.0 Å². The summed E-state index contributed by atoms with van der Waals surface area (Å²) in [6.07, 6.45) is 2.45. The number of nitrogens with one attached hydrogen (secondary N) is 1. The summed E-state index contributed by atoms with van der Waals surface area (Å²) in [7, 11) is 1.88. The lowest BCUT2D eigenvalue weighted by atomic mass is 10.1. The number of anilines is 1. The molecule has 0 amide bonds. The fourth-order valence-corrected chi connectivity index (χ4v) is 1.30. The van der Waals surface area contributed by atoms with Gasteiger partial charge in [0.05, 0.1) is 11.0 Å². The maximum absolute atomic E-state index is 10.4. The lowest BCUT2D eigenvalue weighted by Crippen LogP contribution is -2.56. The molecule has 2 heterocycles. The number of nitro groups is 1. The number of hydrogen-bond acceptors (Lipinski definition) is 6. The monoisotopic (exact) mass is 209 g/mol. The van der Waals surface area contributed by atoms with Gasteiger partial charge in [-0.3, -0.25) is 10.1 Å². The standard InChI is InChI=1S/C8H11N5O2/c1-12(6-2-9-3-6)8-10-4-7(5-11-8)13(14)15/h4-6,9H,2-3H2,1H3. The van der Waals surface area contributed by atoms with E-state index in [4.69, 9.17) is 0 Å². The minimum Gasteiger partial charge on any atom is -0.338 e. The number of aromatic nitrogens is 2. The first-order valence-electron chi connectivity index (χ1n) is 4.58. The van der Waals surface area contributed by atoms with Crippen LogP contribution in [-0.4, -0.2) is 41.1 Å². The number of likely N-dealkylation sites (N-methyl/N-ethyl adjacent to an activating group) is 1. The summed E-state index contributed by atoms with van der Waals surface area (Å²) < 4.78 is 0. The summed E-state index contributed by atoms with van der Waals surface area (Å²) in [4.78, 5) is 19.7. The van der Waals surface area contributed by atoms with E-state index in [1.54, 1.807) is 0 Å². The lowest BCUT2D eigenvalue weighted by molar-refractivity contribution is -0.385. The summed E-state index contributed by atoms with van der Waals surface area (Å²) in [5.41, 5.74) is -0.0844. The molecular weight excluding hydrogens is 198 g/mol. The van der Waals surface area contributed by atoms with Gasteiger partial charge in [-0.25, -0.2) is 9.97 Å². The fraction of sp³-hybridized carbons (Fsp3) is 0.500. The Morgan fingerprint density at radius 3 is 2.53 bits per heavy atom. The quantitative estimate of drug-likeness (QED) is 0.548. The predicted molar refractivity (Wildman–Crippen MR) is 53.7 cm³/mol. The van der Waals surface area contributed by atoms with Crippen molar-refractivity contribution >= 4 is 11.6 Å². The number of rotatable bonds is 3. The van der Waals surface area contributed by atoms with Crippen LogP contribution in [0, 0.1) is 10.1 Å². The van der Waals surface area contributed by atoms with Crippen LogP contribution in [0.2, 0.25) is 0 Å². The summed E-state index contributed by atoms with van der Waals surface area (Å²) in [5, 5.41) is 13.5. The highest BCUT2D eigenvalue weighted by Gasteiger charge is 2.23. The van der Waals surface area contributed by atoms with Gasteiger partial charge in [0.15, 0.2) is 0 Å². The molecule has 0 unspecified atom stereocenters. The Labute approximate surface area is 86.3 Å². The van der Waals surface area contributed by atoms with E-state index in [0.717, 1.165) is 13.1 Å². The zero-order valence-corrected chi connectivity index (χ0v) is 8.25. The van der Waals surface area contributed by atoms with Crippen molar-refractivity contribution in [3.05, 3.63) is 22.5 Å². The second-order valence-corrected chi connectivity index (χ2v) is 3.42. The third-order valence-corrected chi connectivity index (χ3v) is 2.46. The molecule has 0 radical (unpaired) electrons. The Hall–Kier alpha value is -1.76. The molecule has 0 atom stereocenters. The first-order chi connectivity index (χ1) is 7.18. The molecule has 7 nitrogen and oxygen atoms in total. The number of hydrogen-bond donors (Lipinski definition) is 1. The van der Waals surface area contributed by atoms with E-state index in [2.05, 4.69) is 15.3 Å². The first-order valence-corrected chi connectivity index (χ1v) is 4.58. The average molecular weight is 209 g/mol. The Morgan fingerprint density at radius 1 is 1.53 bits per heavy atom. The van der Waals surface area contributed by atoms with E-state index >= 15 is 0 Å². The van der Waals surface area contributed by atoms with Crippen LogP contribution < -0.4 is 10.2 Å². The largest absolute Gasteiger partial charge is 0.338 e. The van der Waals surface area contributed by atoms with Gasteiger partial charge in [0.25, 0.3) is 0 Å². The Bertz CT molecular complexity index is 362. The summed E-state index contributed by atoms with van der Waals surface area (Å²) in [6, 6.07) is 0.381. The van der Waals surface area contributed by atoms with Crippen molar-refractivity contribution < 1.29 is 4.92 Å². The normalized spacial score (nSPS) is 15.8. The van der Waals surface area contributed by atoms with Crippen LogP contribution >= 0.6 is 0 Å². The van der Waals surface area contributed by atoms with Crippen molar-refractivity contribution in [2.24, 2.45) is 0 Å². The van der Waals surface area contributed by atoms with Crippen LogP contribution in [0.15, 0.2) is 12.4 Å². The van der Waals surface area contributed by atoms with Crippen LogP contribution in [-0.2, 0) is 0 Å². The molecule has 1 aliphatic rings. The molecule has 1 fully saturated rings. The second kappa shape index (κ2) is 3.77. The average Bonchev–Trinajstić information content (AvgIpc) is 2.15. The molecular formula is C8H11N5O2. The van der Waals surface area contributed by atoms with Crippen molar-refractivity contribution in [1.82, 2.24) is 15.3 Å². The smallest absolute Gasteiger partial charge is 0.305 e. The Kier molecular flexibility index (Phi) is 2.46. The van der Waals surface area contributed by atoms with Crippen LogP contribution in [0.25, 0.3) is 0 Å². The molecule has 0 bridgehead atoms. The molecule has 2 rings (SSSR count). The zero-order valence-electron chi connectivity index (χ0n) is 8.25. The third kappa shape index (κ3) is 1.86. The highest BCUT2D eigenvalue weighted by Crippen LogP contribution is 2.14. The van der Waals surface area contributed by atoms with Gasteiger partial charge in [0.2, 0.25) is 5.95 Å². The summed E-state index contributed by atoms with van der Waals surface area (Å²) in [5.74, 6) is 0.520. The molecule has 0 spiro atoms. The van der Waals surface area contributed by atoms with Gasteiger partial charge < -0.3 is 10.2 Å². The van der Waals surface area contributed by atoms with Crippen molar-refractivity contribution in [3.8, 4) is 0 Å². The van der Waals surface area contributed by atoms with Crippen LogP contribution in [0.5, 0.6) is 0 Å². The van der Waals surface area contributed by atoms with Crippen molar-refractivity contribution in [2.75, 3.05) is 25.0 Å². The number of nitrogens with zero attached hydrogens (tertiary/aromatic N) is 4. The molecule has 1 N–H and O–H groups in total. The van der Waals surface area contributed by atoms with Crippen molar-refractivity contribution in [3.63, 3.8) is 0 Å². The zero-order chi connectivity index (χ0) is 10.8. The molecule has 1 aromatic rings. The molecule has 0 aliphatic carbocycles. The minimum atomic E-state index is -0.505. The predicted octanol–water partition coefficient (Wildman–Crippen LogP) is -0.207. The topological polar surface area (TPSA) is 84.2 Å². The highest BCUT2D eigenvalue weighted by atomic mass is 16.6. The lowest BCUT2D eigenvalue weighted by Gasteiger charge is -2.35. The van der Waals surface area contributed by atoms with E-state index in [9.17, 15) is 10.1 Å². The van der Waals surface area contributed by atoms with E-state index in [-0.39, 0.29) is 5.69 Å². The SMILES string of the molecule is CN(c1ncc([N+](=O)[O-])cn1)C1CNC1. The second-order valence-electron chi connectivity index (χ2n) is 3.42. The van der Waals surface area contributed by atoms with E-state index < -0.39 is 4.92 Å². The maximum atomic E-state index is 10.4. The van der Waals surface area contributed by atoms with Gasteiger partial charge in [-0.15, -0.1) is 0 Å². The fourth-order valence-electron chi connectivity index (χ4n) is 1.30. The van der Waals surface area contributed by atoms with Crippen LogP contribution in [0.1, 0.15) is 0 Å². The molecule has 7 heteroatoms. The third-order valence-electron chi connectivity index (χ3n) is 2.46.